The highest BCUT2D eigenvalue weighted by Crippen LogP contribution is 2.37. The second-order valence-corrected chi connectivity index (χ2v) is 5.42. The van der Waals surface area contributed by atoms with Gasteiger partial charge in [0.2, 0.25) is 0 Å². The molecule has 2 heterocycles. The van der Waals surface area contributed by atoms with E-state index in [2.05, 4.69) is 30.8 Å². The van der Waals surface area contributed by atoms with Gasteiger partial charge in [-0.1, -0.05) is 6.92 Å². The third-order valence-corrected chi connectivity index (χ3v) is 4.43. The van der Waals surface area contributed by atoms with Gasteiger partial charge in [-0.05, 0) is 52.2 Å². The molecule has 18 heavy (non-hydrogen) atoms. The molecule has 2 unspecified atom stereocenters. The summed E-state index contributed by atoms with van der Waals surface area (Å²) in [5, 5.41) is 4.57. The standard InChI is InChI=1S/C14H26N4/c1-5-18-8-6-7-12(9-15)14(18)13-10(2)16-17(4)11(13)3/h12,14H,5-9,15H2,1-4H3. The summed E-state index contributed by atoms with van der Waals surface area (Å²) in [5.41, 5.74) is 9.87. The van der Waals surface area contributed by atoms with Gasteiger partial charge >= 0.3 is 0 Å². The fourth-order valence-electron chi connectivity index (χ4n) is 3.39. The van der Waals surface area contributed by atoms with Crippen LogP contribution in [0, 0.1) is 19.8 Å². The van der Waals surface area contributed by atoms with E-state index in [9.17, 15) is 0 Å². The first-order chi connectivity index (χ1) is 8.60. The molecule has 1 aliphatic rings. The van der Waals surface area contributed by atoms with Crippen LogP contribution in [0.2, 0.25) is 0 Å². The van der Waals surface area contributed by atoms with Crippen LogP contribution in [-0.4, -0.2) is 34.3 Å². The molecule has 0 bridgehead atoms. The average Bonchev–Trinajstić information content (AvgIpc) is 2.62. The number of rotatable bonds is 3. The van der Waals surface area contributed by atoms with Gasteiger partial charge in [-0.2, -0.15) is 5.10 Å². The summed E-state index contributed by atoms with van der Waals surface area (Å²) in [5.74, 6) is 0.570. The third kappa shape index (κ3) is 2.19. The molecule has 0 amide bonds. The maximum atomic E-state index is 6.00. The minimum absolute atomic E-state index is 0.461. The zero-order chi connectivity index (χ0) is 13.3. The van der Waals surface area contributed by atoms with Crippen LogP contribution >= 0.6 is 0 Å². The Kier molecular flexibility index (Phi) is 4.07. The van der Waals surface area contributed by atoms with E-state index in [4.69, 9.17) is 5.73 Å². The van der Waals surface area contributed by atoms with Crippen molar-refractivity contribution in [2.24, 2.45) is 18.7 Å². The Labute approximate surface area is 110 Å². The summed E-state index contributed by atoms with van der Waals surface area (Å²) in [6, 6.07) is 0.461. The van der Waals surface area contributed by atoms with Crippen molar-refractivity contribution in [3.63, 3.8) is 0 Å². The quantitative estimate of drug-likeness (QED) is 0.889. The topological polar surface area (TPSA) is 47.1 Å². The van der Waals surface area contributed by atoms with Crippen molar-refractivity contribution in [1.82, 2.24) is 14.7 Å². The first kappa shape index (κ1) is 13.6. The van der Waals surface area contributed by atoms with Crippen LogP contribution < -0.4 is 5.73 Å². The van der Waals surface area contributed by atoms with E-state index in [0.717, 1.165) is 13.1 Å². The molecule has 102 valence electrons. The van der Waals surface area contributed by atoms with E-state index in [1.807, 2.05) is 11.7 Å². The number of hydrogen-bond acceptors (Lipinski definition) is 3. The Morgan fingerprint density at radius 1 is 1.39 bits per heavy atom. The molecule has 1 aliphatic heterocycles. The van der Waals surface area contributed by atoms with Gasteiger partial charge in [-0.15, -0.1) is 0 Å². The summed E-state index contributed by atoms with van der Waals surface area (Å²) >= 11 is 0. The van der Waals surface area contributed by atoms with Crippen LogP contribution in [-0.2, 0) is 7.05 Å². The molecule has 0 saturated carbocycles. The Hall–Kier alpha value is -0.870. The molecular formula is C14H26N4. The number of nitrogens with zero attached hydrogens (tertiary/aromatic N) is 3. The second kappa shape index (κ2) is 5.41. The second-order valence-electron chi connectivity index (χ2n) is 5.42. The van der Waals surface area contributed by atoms with Gasteiger partial charge in [0.05, 0.1) is 5.69 Å². The third-order valence-electron chi connectivity index (χ3n) is 4.43. The predicted octanol–water partition coefficient (Wildman–Crippen LogP) is 1.77. The van der Waals surface area contributed by atoms with E-state index in [1.54, 1.807) is 0 Å². The number of aryl methyl sites for hydroxylation is 2. The van der Waals surface area contributed by atoms with Crippen molar-refractivity contribution < 1.29 is 0 Å². The first-order valence-electron chi connectivity index (χ1n) is 7.04. The van der Waals surface area contributed by atoms with Gasteiger partial charge in [-0.25, -0.2) is 0 Å². The minimum Gasteiger partial charge on any atom is -0.330 e. The molecule has 1 fully saturated rings. The molecule has 0 aromatic carbocycles. The SMILES string of the molecule is CCN1CCCC(CN)C1c1c(C)nn(C)c1C. The van der Waals surface area contributed by atoms with Crippen molar-refractivity contribution >= 4 is 0 Å². The van der Waals surface area contributed by atoms with Gasteiger partial charge in [0.15, 0.2) is 0 Å². The molecule has 4 heteroatoms. The van der Waals surface area contributed by atoms with E-state index in [1.165, 1.54) is 36.3 Å². The fraction of sp³-hybridized carbons (Fsp3) is 0.786. The van der Waals surface area contributed by atoms with E-state index >= 15 is 0 Å². The van der Waals surface area contributed by atoms with Gasteiger partial charge < -0.3 is 5.73 Å². The summed E-state index contributed by atoms with van der Waals surface area (Å²) < 4.78 is 2.00. The Morgan fingerprint density at radius 2 is 2.11 bits per heavy atom. The lowest BCUT2D eigenvalue weighted by molar-refractivity contribution is 0.101. The molecular weight excluding hydrogens is 224 g/mol. The summed E-state index contributed by atoms with van der Waals surface area (Å²) in [7, 11) is 2.03. The predicted molar refractivity (Wildman–Crippen MR) is 74.4 cm³/mol. The van der Waals surface area contributed by atoms with E-state index < -0.39 is 0 Å². The van der Waals surface area contributed by atoms with Crippen LogP contribution in [0.1, 0.15) is 42.8 Å². The zero-order valence-corrected chi connectivity index (χ0v) is 12.1. The highest BCUT2D eigenvalue weighted by molar-refractivity contribution is 5.29. The van der Waals surface area contributed by atoms with Gasteiger partial charge in [0, 0.05) is 24.3 Å². The van der Waals surface area contributed by atoms with Crippen LogP contribution in [0.15, 0.2) is 0 Å². The van der Waals surface area contributed by atoms with Gasteiger partial charge in [0.25, 0.3) is 0 Å². The largest absolute Gasteiger partial charge is 0.330 e. The molecule has 1 aromatic rings. The molecule has 0 aliphatic carbocycles. The maximum absolute atomic E-state index is 6.00. The lowest BCUT2D eigenvalue weighted by Gasteiger charge is -2.41. The number of piperidine rings is 1. The molecule has 0 spiro atoms. The first-order valence-corrected chi connectivity index (χ1v) is 7.04. The van der Waals surface area contributed by atoms with Crippen molar-refractivity contribution in [1.29, 1.82) is 0 Å². The molecule has 2 atom stereocenters. The molecule has 4 nitrogen and oxygen atoms in total. The molecule has 2 N–H and O–H groups in total. The Bertz CT molecular complexity index is 398. The highest BCUT2D eigenvalue weighted by Gasteiger charge is 2.34. The van der Waals surface area contributed by atoms with Gasteiger partial charge in [-0.3, -0.25) is 9.58 Å². The number of hydrogen-bond donors (Lipinski definition) is 1. The van der Waals surface area contributed by atoms with E-state index in [-0.39, 0.29) is 0 Å². The highest BCUT2D eigenvalue weighted by atomic mass is 15.3. The van der Waals surface area contributed by atoms with Crippen LogP contribution in [0.25, 0.3) is 0 Å². The number of aromatic nitrogens is 2. The van der Waals surface area contributed by atoms with Crippen molar-refractivity contribution in [3.05, 3.63) is 17.0 Å². The lowest BCUT2D eigenvalue weighted by Crippen LogP contribution is -2.41. The zero-order valence-electron chi connectivity index (χ0n) is 12.1. The van der Waals surface area contributed by atoms with E-state index in [0.29, 0.717) is 12.0 Å². The Morgan fingerprint density at radius 3 is 2.61 bits per heavy atom. The van der Waals surface area contributed by atoms with Crippen LogP contribution in [0.5, 0.6) is 0 Å². The smallest absolute Gasteiger partial charge is 0.0644 e. The molecule has 0 radical (unpaired) electrons. The molecule has 1 aromatic heterocycles. The summed E-state index contributed by atoms with van der Waals surface area (Å²) in [6.07, 6.45) is 2.51. The summed E-state index contributed by atoms with van der Waals surface area (Å²) in [6.45, 7) is 9.59. The molecule has 2 rings (SSSR count). The van der Waals surface area contributed by atoms with Crippen LogP contribution in [0.3, 0.4) is 0 Å². The lowest BCUT2D eigenvalue weighted by atomic mass is 9.84. The average molecular weight is 250 g/mol. The fourth-order valence-corrected chi connectivity index (χ4v) is 3.39. The van der Waals surface area contributed by atoms with Gasteiger partial charge in [0.1, 0.15) is 0 Å². The number of likely N-dealkylation sites (tertiary alicyclic amines) is 1. The van der Waals surface area contributed by atoms with Crippen molar-refractivity contribution in [2.75, 3.05) is 19.6 Å². The number of nitrogens with two attached hydrogens (primary N) is 1. The monoisotopic (exact) mass is 250 g/mol. The minimum atomic E-state index is 0.461. The normalized spacial score (nSPS) is 25.6. The van der Waals surface area contributed by atoms with Crippen molar-refractivity contribution in [2.45, 2.75) is 39.7 Å². The Balaban J connectivity index is 2.42. The van der Waals surface area contributed by atoms with Crippen molar-refractivity contribution in [3.8, 4) is 0 Å². The maximum Gasteiger partial charge on any atom is 0.0644 e. The van der Waals surface area contributed by atoms with Crippen LogP contribution in [0.4, 0.5) is 0 Å². The molecule has 1 saturated heterocycles. The summed E-state index contributed by atoms with van der Waals surface area (Å²) in [4.78, 5) is 2.57.